The zero-order valence-corrected chi connectivity index (χ0v) is 15.5. The average Bonchev–Trinajstić information content (AvgIpc) is 2.65. The third kappa shape index (κ3) is 3.43. The van der Waals surface area contributed by atoms with Crippen LogP contribution in [0.4, 0.5) is 0 Å². The Labute approximate surface area is 146 Å². The minimum absolute atomic E-state index is 1.09. The summed E-state index contributed by atoms with van der Waals surface area (Å²) >= 11 is 0. The summed E-state index contributed by atoms with van der Waals surface area (Å²) in [4.78, 5) is 2.30. The molecule has 0 atom stereocenters. The van der Waals surface area contributed by atoms with Crippen molar-refractivity contribution in [1.29, 1.82) is 0 Å². The number of hydrogen-bond acceptors (Lipinski definition) is 1. The SMILES string of the molecule is CN(C)CC[PH](c1ccccc1)(c1ccccc1)c1ccccc1. The van der Waals surface area contributed by atoms with Gasteiger partial charge in [0, 0.05) is 0 Å². The predicted molar refractivity (Wildman–Crippen MR) is 110 cm³/mol. The Morgan fingerprint density at radius 3 is 1.21 bits per heavy atom. The van der Waals surface area contributed by atoms with E-state index in [0.29, 0.717) is 0 Å². The molecule has 0 bridgehead atoms. The van der Waals surface area contributed by atoms with Crippen molar-refractivity contribution < 1.29 is 0 Å². The first-order valence-corrected chi connectivity index (χ1v) is 10.8. The van der Waals surface area contributed by atoms with Crippen molar-refractivity contribution in [3.8, 4) is 0 Å². The van der Waals surface area contributed by atoms with Gasteiger partial charge in [0.1, 0.15) is 0 Å². The first-order chi connectivity index (χ1) is 11.7. The molecule has 0 spiro atoms. The van der Waals surface area contributed by atoms with Crippen molar-refractivity contribution in [2.75, 3.05) is 26.8 Å². The van der Waals surface area contributed by atoms with Gasteiger partial charge in [-0.3, -0.25) is 0 Å². The molecule has 0 aromatic heterocycles. The van der Waals surface area contributed by atoms with Gasteiger partial charge in [-0.1, -0.05) is 0 Å². The summed E-state index contributed by atoms with van der Waals surface area (Å²) in [5.74, 6) is 0. The molecule has 2 heteroatoms. The summed E-state index contributed by atoms with van der Waals surface area (Å²) in [6.45, 7) is 1.09. The van der Waals surface area contributed by atoms with Gasteiger partial charge in [-0.15, -0.1) is 0 Å². The van der Waals surface area contributed by atoms with E-state index >= 15 is 0 Å². The number of rotatable bonds is 6. The van der Waals surface area contributed by atoms with Gasteiger partial charge in [-0.2, -0.15) is 0 Å². The van der Waals surface area contributed by atoms with E-state index in [1.165, 1.54) is 22.1 Å². The van der Waals surface area contributed by atoms with Gasteiger partial charge >= 0.3 is 146 Å². The van der Waals surface area contributed by atoms with Crippen LogP contribution in [0, 0.1) is 0 Å². The zero-order chi connectivity index (χ0) is 16.8. The fourth-order valence-corrected chi connectivity index (χ4v) is 8.43. The summed E-state index contributed by atoms with van der Waals surface area (Å²) in [5, 5.41) is 4.47. The molecule has 0 radical (unpaired) electrons. The van der Waals surface area contributed by atoms with Crippen molar-refractivity contribution in [2.45, 2.75) is 0 Å². The van der Waals surface area contributed by atoms with Crippen LogP contribution in [0.2, 0.25) is 0 Å². The van der Waals surface area contributed by atoms with Crippen molar-refractivity contribution in [3.63, 3.8) is 0 Å². The van der Waals surface area contributed by atoms with Crippen LogP contribution in [0.5, 0.6) is 0 Å². The Kier molecular flexibility index (Phi) is 5.45. The molecule has 24 heavy (non-hydrogen) atoms. The van der Waals surface area contributed by atoms with Crippen LogP contribution >= 0.6 is 7.26 Å². The molecule has 0 aliphatic carbocycles. The molecule has 0 saturated carbocycles. The van der Waals surface area contributed by atoms with Crippen LogP contribution in [0.25, 0.3) is 0 Å². The van der Waals surface area contributed by atoms with Gasteiger partial charge in [-0.25, -0.2) is 0 Å². The normalized spacial score (nSPS) is 12.3. The van der Waals surface area contributed by atoms with E-state index in [1.54, 1.807) is 0 Å². The molecule has 0 N–H and O–H groups in total. The monoisotopic (exact) mass is 335 g/mol. The first kappa shape index (κ1) is 16.9. The van der Waals surface area contributed by atoms with E-state index in [0.717, 1.165) is 6.54 Å². The molecule has 1 nitrogen and oxygen atoms in total. The quantitative estimate of drug-likeness (QED) is 0.625. The molecular formula is C22H26NP. The van der Waals surface area contributed by atoms with Crippen LogP contribution < -0.4 is 15.9 Å². The Morgan fingerprint density at radius 2 is 0.917 bits per heavy atom. The van der Waals surface area contributed by atoms with Gasteiger partial charge in [0.25, 0.3) is 0 Å². The number of benzene rings is 3. The third-order valence-electron chi connectivity index (χ3n) is 4.73. The molecule has 0 aliphatic heterocycles. The molecule has 0 saturated heterocycles. The summed E-state index contributed by atoms with van der Waals surface area (Å²) < 4.78 is 0. The fourth-order valence-electron chi connectivity index (χ4n) is 3.49. The molecule has 0 aliphatic rings. The van der Waals surface area contributed by atoms with Crippen LogP contribution in [-0.4, -0.2) is 31.7 Å². The van der Waals surface area contributed by atoms with Crippen molar-refractivity contribution in [1.82, 2.24) is 4.90 Å². The average molecular weight is 335 g/mol. The summed E-state index contributed by atoms with van der Waals surface area (Å²) in [5.41, 5.74) is 0. The van der Waals surface area contributed by atoms with Crippen molar-refractivity contribution in [2.24, 2.45) is 0 Å². The molecule has 0 amide bonds. The first-order valence-electron chi connectivity index (χ1n) is 8.55. The van der Waals surface area contributed by atoms with Gasteiger partial charge in [0.15, 0.2) is 0 Å². The molecule has 3 aromatic rings. The van der Waals surface area contributed by atoms with E-state index in [4.69, 9.17) is 0 Å². The maximum atomic E-state index is 2.32. The van der Waals surface area contributed by atoms with E-state index in [2.05, 4.69) is 110 Å². The molecular weight excluding hydrogens is 309 g/mol. The fraction of sp³-hybridized carbons (Fsp3) is 0.182. The summed E-state index contributed by atoms with van der Waals surface area (Å²) in [7, 11) is 2.31. The summed E-state index contributed by atoms with van der Waals surface area (Å²) in [6.07, 6.45) is 1.18. The second kappa shape index (κ2) is 7.75. The second-order valence-corrected chi connectivity index (χ2v) is 10.6. The standard InChI is InChI=1S/C22H26NP/c1-23(2)18-19-24(20-12-6-3-7-13-20,21-14-8-4-9-15-21)22-16-10-5-11-17-22/h3-17,24H,18-19H2,1-2H3. The third-order valence-corrected chi connectivity index (χ3v) is 9.66. The van der Waals surface area contributed by atoms with Crippen LogP contribution in [0.1, 0.15) is 0 Å². The molecule has 3 rings (SSSR count). The van der Waals surface area contributed by atoms with Gasteiger partial charge in [0.2, 0.25) is 0 Å². The van der Waals surface area contributed by atoms with E-state index in [1.807, 2.05) is 0 Å². The van der Waals surface area contributed by atoms with Crippen LogP contribution in [0.15, 0.2) is 91.0 Å². The Morgan fingerprint density at radius 1 is 0.583 bits per heavy atom. The molecule has 0 heterocycles. The molecule has 124 valence electrons. The Bertz CT molecular complexity index is 642. The topological polar surface area (TPSA) is 3.24 Å². The van der Waals surface area contributed by atoms with Crippen LogP contribution in [-0.2, 0) is 0 Å². The predicted octanol–water partition coefficient (Wildman–Crippen LogP) is 3.27. The number of nitrogens with zero attached hydrogens (tertiary/aromatic N) is 1. The molecule has 0 fully saturated rings. The van der Waals surface area contributed by atoms with Gasteiger partial charge in [0.05, 0.1) is 0 Å². The zero-order valence-electron chi connectivity index (χ0n) is 14.5. The van der Waals surface area contributed by atoms with E-state index in [-0.39, 0.29) is 0 Å². The number of hydrogen-bond donors (Lipinski definition) is 0. The Hall–Kier alpha value is -1.95. The summed E-state index contributed by atoms with van der Waals surface area (Å²) in [6, 6.07) is 33.4. The van der Waals surface area contributed by atoms with Gasteiger partial charge in [-0.05, 0) is 0 Å². The van der Waals surface area contributed by atoms with Gasteiger partial charge < -0.3 is 0 Å². The Balaban J connectivity index is 2.24. The minimum atomic E-state index is -2.03. The molecule has 0 unspecified atom stereocenters. The van der Waals surface area contributed by atoms with E-state index < -0.39 is 7.26 Å². The molecule has 3 aromatic carbocycles. The van der Waals surface area contributed by atoms with E-state index in [9.17, 15) is 0 Å². The van der Waals surface area contributed by atoms with Crippen LogP contribution in [0.3, 0.4) is 0 Å². The van der Waals surface area contributed by atoms with Crippen molar-refractivity contribution in [3.05, 3.63) is 91.0 Å². The van der Waals surface area contributed by atoms with Crippen molar-refractivity contribution >= 4 is 23.2 Å². The second-order valence-electron chi connectivity index (χ2n) is 6.56. The maximum absolute atomic E-state index is 2.32.